The molecule has 1 aliphatic carbocycles. The first-order chi connectivity index (χ1) is 12.5. The number of thiazole rings is 1. The smallest absolute Gasteiger partial charge is 0.278 e. The molecule has 0 bridgehead atoms. The quantitative estimate of drug-likeness (QED) is 0.716. The van der Waals surface area contributed by atoms with E-state index in [9.17, 15) is 9.59 Å². The molecule has 1 amide bonds. The van der Waals surface area contributed by atoms with Crippen LogP contribution in [-0.2, 0) is 12.8 Å². The highest BCUT2D eigenvalue weighted by Gasteiger charge is 2.27. The summed E-state index contributed by atoms with van der Waals surface area (Å²) < 4.78 is 1.90. The van der Waals surface area contributed by atoms with E-state index in [0.29, 0.717) is 16.5 Å². The minimum Gasteiger partial charge on any atom is -0.296 e. The first-order valence-electron chi connectivity index (χ1n) is 8.49. The zero-order valence-corrected chi connectivity index (χ0v) is 15.4. The first kappa shape index (κ1) is 16.7. The topological polar surface area (TPSA) is 76.9 Å². The number of aryl methyl sites for hydroxylation is 1. The van der Waals surface area contributed by atoms with Crippen molar-refractivity contribution >= 4 is 28.2 Å². The van der Waals surface area contributed by atoms with Crippen molar-refractivity contribution in [2.24, 2.45) is 0 Å². The van der Waals surface area contributed by atoms with Crippen molar-refractivity contribution in [2.45, 2.75) is 33.1 Å². The lowest BCUT2D eigenvalue weighted by atomic mass is 10.2. The van der Waals surface area contributed by atoms with Gasteiger partial charge in [0, 0.05) is 23.6 Å². The van der Waals surface area contributed by atoms with E-state index in [1.165, 1.54) is 18.3 Å². The number of amides is 1. The Kier molecular flexibility index (Phi) is 4.16. The normalized spacial score (nSPS) is 12.8. The van der Waals surface area contributed by atoms with E-state index in [1.54, 1.807) is 5.38 Å². The van der Waals surface area contributed by atoms with Gasteiger partial charge in [-0.05, 0) is 37.8 Å². The third-order valence-corrected chi connectivity index (χ3v) is 5.33. The number of aromatic nitrogens is 3. The van der Waals surface area contributed by atoms with Crippen LogP contribution >= 0.6 is 11.3 Å². The fraction of sp³-hybridized carbons (Fsp3) is 0.263. The first-order valence-corrected chi connectivity index (χ1v) is 9.37. The largest absolute Gasteiger partial charge is 0.296 e. The zero-order valence-electron chi connectivity index (χ0n) is 14.6. The lowest BCUT2D eigenvalue weighted by Gasteiger charge is -2.08. The van der Waals surface area contributed by atoms with Crippen LogP contribution in [0, 0.1) is 6.92 Å². The summed E-state index contributed by atoms with van der Waals surface area (Å²) in [5.74, 6) is -0.397. The predicted molar refractivity (Wildman–Crippen MR) is 100 cm³/mol. The van der Waals surface area contributed by atoms with Crippen molar-refractivity contribution in [2.75, 3.05) is 5.32 Å². The van der Waals surface area contributed by atoms with Crippen LogP contribution in [0.1, 0.15) is 51.1 Å². The Hall–Kier alpha value is -2.80. The molecule has 1 aromatic carbocycles. The molecule has 132 valence electrons. The van der Waals surface area contributed by atoms with Crippen molar-refractivity contribution in [3.05, 3.63) is 57.9 Å². The van der Waals surface area contributed by atoms with Crippen molar-refractivity contribution in [3.63, 3.8) is 0 Å². The van der Waals surface area contributed by atoms with Crippen LogP contribution in [-0.4, -0.2) is 26.5 Å². The molecule has 0 aliphatic heterocycles. The van der Waals surface area contributed by atoms with Gasteiger partial charge < -0.3 is 0 Å². The second-order valence-electron chi connectivity index (χ2n) is 6.37. The van der Waals surface area contributed by atoms with Crippen molar-refractivity contribution in [1.29, 1.82) is 0 Å². The summed E-state index contributed by atoms with van der Waals surface area (Å²) in [6.07, 6.45) is 2.78. The standard InChI is InChI=1S/C19H18N4O2S/c1-11-6-3-4-8-15(11)23-16-9-5-7-13(16)17(22-23)18(25)21-19-20-14(10-26-19)12(2)24/h3-4,6,8,10H,5,7,9H2,1-2H3,(H,20,21,25). The number of hydrogen-bond donors (Lipinski definition) is 1. The second-order valence-corrected chi connectivity index (χ2v) is 7.23. The summed E-state index contributed by atoms with van der Waals surface area (Å²) in [7, 11) is 0. The Morgan fingerprint density at radius 2 is 2.04 bits per heavy atom. The maximum Gasteiger partial charge on any atom is 0.278 e. The van der Waals surface area contributed by atoms with E-state index in [0.717, 1.165) is 41.8 Å². The molecule has 0 saturated carbocycles. The van der Waals surface area contributed by atoms with Gasteiger partial charge >= 0.3 is 0 Å². The van der Waals surface area contributed by atoms with Gasteiger partial charge in [-0.1, -0.05) is 18.2 Å². The molecule has 6 nitrogen and oxygen atoms in total. The van der Waals surface area contributed by atoms with Crippen LogP contribution in [0.15, 0.2) is 29.6 Å². The monoisotopic (exact) mass is 366 g/mol. The van der Waals surface area contributed by atoms with Gasteiger partial charge in [-0.25, -0.2) is 9.67 Å². The number of para-hydroxylation sites is 1. The van der Waals surface area contributed by atoms with Crippen molar-refractivity contribution < 1.29 is 9.59 Å². The molecule has 0 atom stereocenters. The lowest BCUT2D eigenvalue weighted by molar-refractivity contribution is 0.100. The number of nitrogens with one attached hydrogen (secondary N) is 1. The average Bonchev–Trinajstić information content (AvgIpc) is 3.31. The number of fused-ring (bicyclic) bond motifs is 1. The highest BCUT2D eigenvalue weighted by molar-refractivity contribution is 7.14. The van der Waals surface area contributed by atoms with E-state index >= 15 is 0 Å². The van der Waals surface area contributed by atoms with E-state index in [2.05, 4.69) is 15.4 Å². The molecule has 4 rings (SSSR count). The fourth-order valence-electron chi connectivity index (χ4n) is 3.27. The number of anilines is 1. The molecule has 7 heteroatoms. The molecule has 0 saturated heterocycles. The number of rotatable bonds is 4. The number of benzene rings is 1. The van der Waals surface area contributed by atoms with Crippen LogP contribution < -0.4 is 5.32 Å². The summed E-state index contributed by atoms with van der Waals surface area (Å²) in [6.45, 7) is 3.49. The van der Waals surface area contributed by atoms with Crippen molar-refractivity contribution in [3.8, 4) is 5.69 Å². The summed E-state index contributed by atoms with van der Waals surface area (Å²) in [5, 5.41) is 9.46. The number of carbonyl (C=O) groups excluding carboxylic acids is 2. The number of nitrogens with zero attached hydrogens (tertiary/aromatic N) is 3. The Bertz CT molecular complexity index is 1020. The molecule has 0 radical (unpaired) electrons. The van der Waals surface area contributed by atoms with Gasteiger partial charge in [0.1, 0.15) is 5.69 Å². The summed E-state index contributed by atoms with van der Waals surface area (Å²) >= 11 is 1.24. The van der Waals surface area contributed by atoms with E-state index in [-0.39, 0.29) is 11.7 Å². The average molecular weight is 366 g/mol. The molecule has 0 spiro atoms. The Balaban J connectivity index is 1.69. The Morgan fingerprint density at radius 3 is 2.77 bits per heavy atom. The van der Waals surface area contributed by atoms with E-state index in [1.807, 2.05) is 35.9 Å². The van der Waals surface area contributed by atoms with Crippen LogP contribution in [0.25, 0.3) is 5.69 Å². The van der Waals surface area contributed by atoms with Gasteiger partial charge in [-0.2, -0.15) is 5.10 Å². The molecule has 2 aromatic heterocycles. The number of hydrogen-bond acceptors (Lipinski definition) is 5. The molecule has 1 N–H and O–H groups in total. The highest BCUT2D eigenvalue weighted by Crippen LogP contribution is 2.29. The molecule has 2 heterocycles. The number of carbonyl (C=O) groups is 2. The van der Waals surface area contributed by atoms with Gasteiger partial charge in [0.15, 0.2) is 16.6 Å². The molecule has 0 fully saturated rings. The van der Waals surface area contributed by atoms with Crippen LogP contribution in [0.3, 0.4) is 0 Å². The molecule has 1 aliphatic rings. The Labute approximate surface area is 154 Å². The van der Waals surface area contributed by atoms with Crippen LogP contribution in [0.5, 0.6) is 0 Å². The SMILES string of the molecule is CC(=O)c1csc(NC(=O)c2nn(-c3ccccc3C)c3c2CCC3)n1. The third kappa shape index (κ3) is 2.84. The summed E-state index contributed by atoms with van der Waals surface area (Å²) in [6, 6.07) is 8.02. The Morgan fingerprint density at radius 1 is 1.23 bits per heavy atom. The van der Waals surface area contributed by atoms with Gasteiger partial charge in [0.05, 0.1) is 5.69 Å². The maximum atomic E-state index is 12.8. The zero-order chi connectivity index (χ0) is 18.3. The number of ketones is 1. The summed E-state index contributed by atoms with van der Waals surface area (Å²) in [5.41, 5.74) is 5.03. The maximum absolute atomic E-state index is 12.8. The number of Topliss-reactive ketones (excluding diaryl/α,β-unsaturated/α-hetero) is 1. The predicted octanol–water partition coefficient (Wildman–Crippen LogP) is 3.58. The molecule has 3 aromatic rings. The highest BCUT2D eigenvalue weighted by atomic mass is 32.1. The van der Waals surface area contributed by atoms with Gasteiger partial charge in [0.25, 0.3) is 5.91 Å². The molecular formula is C19H18N4O2S. The van der Waals surface area contributed by atoms with E-state index in [4.69, 9.17) is 0 Å². The molecule has 26 heavy (non-hydrogen) atoms. The minimum atomic E-state index is -0.278. The van der Waals surface area contributed by atoms with Crippen molar-refractivity contribution in [1.82, 2.24) is 14.8 Å². The van der Waals surface area contributed by atoms with Gasteiger partial charge in [0.2, 0.25) is 0 Å². The second kappa shape index (κ2) is 6.49. The molecule has 0 unspecified atom stereocenters. The lowest BCUT2D eigenvalue weighted by Crippen LogP contribution is -2.15. The minimum absolute atomic E-state index is 0.119. The van der Waals surface area contributed by atoms with Crippen LogP contribution in [0.2, 0.25) is 0 Å². The van der Waals surface area contributed by atoms with Gasteiger partial charge in [-0.15, -0.1) is 11.3 Å². The van der Waals surface area contributed by atoms with Crippen LogP contribution in [0.4, 0.5) is 5.13 Å². The third-order valence-electron chi connectivity index (χ3n) is 4.57. The fourth-order valence-corrected chi connectivity index (χ4v) is 4.01. The molecular weight excluding hydrogens is 348 g/mol. The van der Waals surface area contributed by atoms with Gasteiger partial charge in [-0.3, -0.25) is 14.9 Å². The van der Waals surface area contributed by atoms with E-state index < -0.39 is 0 Å². The summed E-state index contributed by atoms with van der Waals surface area (Å²) in [4.78, 5) is 28.3.